The van der Waals surface area contributed by atoms with Gasteiger partial charge in [-0.1, -0.05) is 30.3 Å². The van der Waals surface area contributed by atoms with Gasteiger partial charge in [0.2, 0.25) is 5.91 Å². The van der Waals surface area contributed by atoms with Gasteiger partial charge in [0, 0.05) is 38.1 Å². The smallest absolute Gasteiger partial charge is 0.309 e. The molecule has 1 aliphatic rings. The van der Waals surface area contributed by atoms with Gasteiger partial charge in [0.05, 0.1) is 24.6 Å². The molecule has 2 amide bonds. The molecule has 158 valence electrons. The predicted octanol–water partition coefficient (Wildman–Crippen LogP) is 2.02. The van der Waals surface area contributed by atoms with Crippen molar-refractivity contribution in [2.24, 2.45) is 5.92 Å². The topological polar surface area (TPSA) is 92.7 Å². The molecule has 1 fully saturated rings. The van der Waals surface area contributed by atoms with Gasteiger partial charge in [-0.2, -0.15) is 0 Å². The largest absolute Gasteiger partial charge is 0.466 e. The lowest BCUT2D eigenvalue weighted by atomic mass is 9.97. The van der Waals surface area contributed by atoms with E-state index in [0.29, 0.717) is 43.9 Å². The summed E-state index contributed by atoms with van der Waals surface area (Å²) in [7, 11) is 1.58. The number of piperidine rings is 1. The van der Waals surface area contributed by atoms with Crippen molar-refractivity contribution in [2.75, 3.05) is 33.3 Å². The van der Waals surface area contributed by atoms with Crippen LogP contribution in [0, 0.1) is 5.92 Å². The molecule has 1 aromatic heterocycles. The molecule has 2 heterocycles. The number of nitrogens with zero attached hydrogens (tertiary/aromatic N) is 4. The van der Waals surface area contributed by atoms with E-state index in [1.165, 1.54) is 17.3 Å². The monoisotopic (exact) mass is 410 g/mol. The van der Waals surface area contributed by atoms with Crippen molar-refractivity contribution < 1.29 is 19.1 Å². The van der Waals surface area contributed by atoms with E-state index in [0.717, 1.165) is 5.56 Å². The van der Waals surface area contributed by atoms with Gasteiger partial charge >= 0.3 is 5.97 Å². The van der Waals surface area contributed by atoms with Gasteiger partial charge in [0.1, 0.15) is 0 Å². The predicted molar refractivity (Wildman–Crippen MR) is 110 cm³/mol. The molecule has 0 unspecified atom stereocenters. The van der Waals surface area contributed by atoms with Crippen LogP contribution in [0.2, 0.25) is 0 Å². The number of benzene rings is 1. The van der Waals surface area contributed by atoms with Crippen LogP contribution in [-0.4, -0.2) is 70.8 Å². The Hall–Kier alpha value is -3.29. The fourth-order valence-electron chi connectivity index (χ4n) is 3.39. The minimum Gasteiger partial charge on any atom is -0.466 e. The summed E-state index contributed by atoms with van der Waals surface area (Å²) in [6.07, 6.45) is 4.11. The van der Waals surface area contributed by atoms with Crippen LogP contribution in [-0.2, 0) is 14.3 Å². The molecule has 0 atom stereocenters. The third-order valence-corrected chi connectivity index (χ3v) is 5.12. The first-order valence-corrected chi connectivity index (χ1v) is 10.1. The van der Waals surface area contributed by atoms with E-state index in [1.807, 2.05) is 30.3 Å². The number of aromatic nitrogens is 2. The molecule has 3 rings (SSSR count). The van der Waals surface area contributed by atoms with Gasteiger partial charge in [0.25, 0.3) is 5.91 Å². The molecule has 8 heteroatoms. The van der Waals surface area contributed by atoms with Crippen LogP contribution in [0.3, 0.4) is 0 Å². The highest BCUT2D eigenvalue weighted by atomic mass is 16.5. The van der Waals surface area contributed by atoms with Crippen molar-refractivity contribution in [1.29, 1.82) is 0 Å². The molecule has 30 heavy (non-hydrogen) atoms. The number of hydrogen-bond donors (Lipinski definition) is 0. The van der Waals surface area contributed by atoms with Gasteiger partial charge in [0.15, 0.2) is 5.82 Å². The highest BCUT2D eigenvalue weighted by molar-refractivity contribution is 5.96. The van der Waals surface area contributed by atoms with Crippen molar-refractivity contribution >= 4 is 17.8 Å². The van der Waals surface area contributed by atoms with Gasteiger partial charge < -0.3 is 14.5 Å². The maximum Gasteiger partial charge on any atom is 0.309 e. The molecule has 1 aliphatic heterocycles. The van der Waals surface area contributed by atoms with Crippen LogP contribution in [0.15, 0.2) is 42.7 Å². The maximum absolute atomic E-state index is 12.6. The summed E-state index contributed by atoms with van der Waals surface area (Å²) in [5.41, 5.74) is 1.19. The second-order valence-corrected chi connectivity index (χ2v) is 7.23. The fraction of sp³-hybridized carbons (Fsp3) is 0.409. The maximum atomic E-state index is 12.6. The van der Waals surface area contributed by atoms with Crippen LogP contribution in [0.4, 0.5) is 0 Å². The first-order chi connectivity index (χ1) is 14.5. The summed E-state index contributed by atoms with van der Waals surface area (Å²) in [4.78, 5) is 48.6. The zero-order valence-electron chi connectivity index (χ0n) is 17.3. The van der Waals surface area contributed by atoms with Crippen molar-refractivity contribution in [3.8, 4) is 11.4 Å². The van der Waals surface area contributed by atoms with Gasteiger partial charge in [-0.3, -0.25) is 14.4 Å². The van der Waals surface area contributed by atoms with Crippen molar-refractivity contribution in [3.63, 3.8) is 0 Å². The van der Waals surface area contributed by atoms with Crippen LogP contribution in [0.25, 0.3) is 11.4 Å². The standard InChI is InChI=1S/C22H26N4O4/c1-3-30-22(29)17-9-11-26(12-10-17)19(27)15-25(2)21(28)18-13-23-20(24-14-18)16-7-5-4-6-8-16/h4-8,13-14,17H,3,9-12,15H2,1-2H3. The number of likely N-dealkylation sites (tertiary alicyclic amines) is 1. The zero-order chi connectivity index (χ0) is 21.5. The molecule has 0 saturated carbocycles. The Kier molecular flexibility index (Phi) is 7.11. The Morgan fingerprint density at radius 2 is 1.73 bits per heavy atom. The lowest BCUT2D eigenvalue weighted by Crippen LogP contribution is -2.45. The van der Waals surface area contributed by atoms with E-state index in [2.05, 4.69) is 9.97 Å². The van der Waals surface area contributed by atoms with Crippen LogP contribution in [0.1, 0.15) is 30.1 Å². The summed E-state index contributed by atoms with van der Waals surface area (Å²) < 4.78 is 5.05. The zero-order valence-corrected chi connectivity index (χ0v) is 17.3. The van der Waals surface area contributed by atoms with E-state index in [1.54, 1.807) is 18.9 Å². The van der Waals surface area contributed by atoms with Gasteiger partial charge in [-0.05, 0) is 19.8 Å². The average Bonchev–Trinajstić information content (AvgIpc) is 2.79. The highest BCUT2D eigenvalue weighted by Crippen LogP contribution is 2.19. The number of carbonyl (C=O) groups excluding carboxylic acids is 3. The average molecular weight is 410 g/mol. The second kappa shape index (κ2) is 9.96. The first kappa shape index (κ1) is 21.4. The second-order valence-electron chi connectivity index (χ2n) is 7.23. The van der Waals surface area contributed by atoms with Crippen LogP contribution in [0.5, 0.6) is 0 Å². The molecular weight excluding hydrogens is 384 g/mol. The molecule has 0 N–H and O–H groups in total. The lowest BCUT2D eigenvalue weighted by Gasteiger charge is -2.32. The summed E-state index contributed by atoms with van der Waals surface area (Å²) in [6, 6.07) is 9.49. The number of ether oxygens (including phenoxy) is 1. The summed E-state index contributed by atoms with van der Waals surface area (Å²) in [5.74, 6) is -0.279. The number of hydrogen-bond acceptors (Lipinski definition) is 6. The van der Waals surface area contributed by atoms with E-state index < -0.39 is 0 Å². The molecule has 8 nitrogen and oxygen atoms in total. The lowest BCUT2D eigenvalue weighted by molar-refractivity contribution is -0.151. The first-order valence-electron chi connectivity index (χ1n) is 10.1. The van der Waals surface area contributed by atoms with E-state index in [9.17, 15) is 14.4 Å². The third-order valence-electron chi connectivity index (χ3n) is 5.12. The molecule has 0 aliphatic carbocycles. The van der Waals surface area contributed by atoms with Crippen LogP contribution < -0.4 is 0 Å². The molecule has 0 bridgehead atoms. The Morgan fingerprint density at radius 3 is 2.33 bits per heavy atom. The molecule has 0 radical (unpaired) electrons. The molecule has 1 saturated heterocycles. The Morgan fingerprint density at radius 1 is 1.10 bits per heavy atom. The quantitative estimate of drug-likeness (QED) is 0.677. The highest BCUT2D eigenvalue weighted by Gasteiger charge is 2.29. The number of amides is 2. The normalized spacial score (nSPS) is 14.3. The van der Waals surface area contributed by atoms with Gasteiger partial charge in [-0.25, -0.2) is 9.97 Å². The molecular formula is C22H26N4O4. The minimum absolute atomic E-state index is 0.0384. The van der Waals surface area contributed by atoms with E-state index in [4.69, 9.17) is 4.74 Å². The Bertz CT molecular complexity index is 878. The third kappa shape index (κ3) is 5.20. The number of esters is 1. The van der Waals surface area contributed by atoms with Gasteiger partial charge in [-0.15, -0.1) is 0 Å². The Labute approximate surface area is 175 Å². The molecule has 1 aromatic carbocycles. The molecule has 2 aromatic rings. The number of likely N-dealkylation sites (N-methyl/N-ethyl adjacent to an activating group) is 1. The van der Waals surface area contributed by atoms with Crippen molar-refractivity contribution in [2.45, 2.75) is 19.8 Å². The minimum atomic E-state index is -0.315. The number of carbonyl (C=O) groups is 3. The Balaban J connectivity index is 1.53. The van der Waals surface area contributed by atoms with Crippen molar-refractivity contribution in [1.82, 2.24) is 19.8 Å². The fourth-order valence-corrected chi connectivity index (χ4v) is 3.39. The summed E-state index contributed by atoms with van der Waals surface area (Å²) in [5, 5.41) is 0. The van der Waals surface area contributed by atoms with E-state index >= 15 is 0 Å². The summed E-state index contributed by atoms with van der Waals surface area (Å²) >= 11 is 0. The molecule has 0 spiro atoms. The van der Waals surface area contributed by atoms with Crippen LogP contribution >= 0.6 is 0 Å². The summed E-state index contributed by atoms with van der Waals surface area (Å²) in [6.45, 7) is 3.08. The number of rotatable bonds is 6. The van der Waals surface area contributed by atoms with Crippen molar-refractivity contribution in [3.05, 3.63) is 48.3 Å². The van der Waals surface area contributed by atoms with E-state index in [-0.39, 0.29) is 30.2 Å². The SMILES string of the molecule is CCOC(=O)C1CCN(C(=O)CN(C)C(=O)c2cnc(-c3ccccc3)nc2)CC1.